The van der Waals surface area contributed by atoms with Crippen LogP contribution in [0.1, 0.15) is 17.7 Å². The number of amides is 2. The number of nitrogens with zero attached hydrogens (tertiary/aromatic N) is 1. The van der Waals surface area contributed by atoms with Crippen LogP contribution in [0.3, 0.4) is 0 Å². The number of rotatable bonds is 4. The van der Waals surface area contributed by atoms with Crippen molar-refractivity contribution in [2.75, 3.05) is 11.4 Å². The predicted octanol–water partition coefficient (Wildman–Crippen LogP) is 3.02. The van der Waals surface area contributed by atoms with Crippen LogP contribution in [0.15, 0.2) is 45.5 Å². The maximum absolute atomic E-state index is 12.3. The summed E-state index contributed by atoms with van der Waals surface area (Å²) in [7, 11) is 0. The summed E-state index contributed by atoms with van der Waals surface area (Å²) >= 11 is 3.49. The molecular weight excluding hydrogens is 360 g/mol. The lowest BCUT2D eigenvalue weighted by Gasteiger charge is -2.18. The van der Waals surface area contributed by atoms with Gasteiger partial charge in [-0.2, -0.15) is 0 Å². The molecule has 5 nitrogen and oxygen atoms in total. The number of hydrogen-bond acceptors (Lipinski definition) is 3. The van der Waals surface area contributed by atoms with Gasteiger partial charge in [0.25, 0.3) is 0 Å². The topological polar surface area (TPSA) is 62.6 Å². The Bertz CT molecular complexity index is 727. The van der Waals surface area contributed by atoms with Crippen LogP contribution in [0.2, 0.25) is 0 Å². The molecule has 1 fully saturated rings. The third kappa shape index (κ3) is 3.47. The molecule has 2 aromatic rings. The molecule has 1 saturated heterocycles. The Morgan fingerprint density at radius 1 is 1.43 bits per heavy atom. The maximum atomic E-state index is 12.3. The molecule has 2 heterocycles. The summed E-state index contributed by atoms with van der Waals surface area (Å²) in [5.41, 5.74) is 1.92. The molecule has 1 unspecified atom stereocenters. The molecule has 2 amide bonds. The molecule has 1 aromatic heterocycles. The second-order valence-corrected chi connectivity index (χ2v) is 6.51. The van der Waals surface area contributed by atoms with Gasteiger partial charge < -0.3 is 14.6 Å². The van der Waals surface area contributed by atoms with Crippen molar-refractivity contribution in [3.8, 4) is 0 Å². The average Bonchev–Trinajstić information content (AvgIpc) is 3.15. The van der Waals surface area contributed by atoms with E-state index in [1.54, 1.807) is 23.3 Å². The minimum Gasteiger partial charge on any atom is -0.467 e. The molecule has 0 bridgehead atoms. The van der Waals surface area contributed by atoms with E-state index < -0.39 is 0 Å². The van der Waals surface area contributed by atoms with Crippen molar-refractivity contribution in [1.82, 2.24) is 5.32 Å². The SMILES string of the molecule is Cc1ccc(N2CC(C(=O)NCc3ccco3)CC2=O)c(Br)c1. The lowest BCUT2D eigenvalue weighted by molar-refractivity contribution is -0.126. The standard InChI is InChI=1S/C17H17BrN2O3/c1-11-4-5-15(14(18)7-11)20-10-12(8-16(20)21)17(22)19-9-13-3-2-6-23-13/h2-7,12H,8-10H2,1H3,(H,19,22). The fourth-order valence-electron chi connectivity index (χ4n) is 2.68. The van der Waals surface area contributed by atoms with Crippen molar-refractivity contribution in [1.29, 1.82) is 0 Å². The van der Waals surface area contributed by atoms with E-state index in [9.17, 15) is 9.59 Å². The summed E-state index contributed by atoms with van der Waals surface area (Å²) < 4.78 is 6.05. The molecule has 1 atom stereocenters. The van der Waals surface area contributed by atoms with Gasteiger partial charge in [-0.05, 0) is 52.7 Å². The molecule has 0 spiro atoms. The Morgan fingerprint density at radius 3 is 2.96 bits per heavy atom. The number of benzene rings is 1. The number of nitrogens with one attached hydrogen (secondary N) is 1. The second kappa shape index (κ2) is 6.58. The van der Waals surface area contributed by atoms with E-state index in [1.807, 2.05) is 25.1 Å². The highest BCUT2D eigenvalue weighted by molar-refractivity contribution is 9.10. The molecule has 0 radical (unpaired) electrons. The lowest BCUT2D eigenvalue weighted by Crippen LogP contribution is -2.32. The van der Waals surface area contributed by atoms with Gasteiger partial charge in [-0.3, -0.25) is 9.59 Å². The molecule has 6 heteroatoms. The number of anilines is 1. The number of carbonyl (C=O) groups is 2. The highest BCUT2D eigenvalue weighted by atomic mass is 79.9. The van der Waals surface area contributed by atoms with Gasteiger partial charge >= 0.3 is 0 Å². The van der Waals surface area contributed by atoms with E-state index in [4.69, 9.17) is 4.42 Å². The molecule has 3 rings (SSSR count). The van der Waals surface area contributed by atoms with E-state index in [0.29, 0.717) is 18.8 Å². The summed E-state index contributed by atoms with van der Waals surface area (Å²) in [4.78, 5) is 26.2. The fraction of sp³-hybridized carbons (Fsp3) is 0.294. The third-order valence-electron chi connectivity index (χ3n) is 3.91. The maximum Gasteiger partial charge on any atom is 0.227 e. The molecule has 1 aliphatic rings. The first-order chi connectivity index (χ1) is 11.0. The molecule has 23 heavy (non-hydrogen) atoms. The van der Waals surface area contributed by atoms with E-state index >= 15 is 0 Å². The first-order valence-corrected chi connectivity index (χ1v) is 8.20. The Balaban J connectivity index is 1.65. The van der Waals surface area contributed by atoms with Crippen molar-refractivity contribution in [3.63, 3.8) is 0 Å². The fourth-order valence-corrected chi connectivity index (χ4v) is 3.39. The Hall–Kier alpha value is -2.08. The van der Waals surface area contributed by atoms with Crippen LogP contribution < -0.4 is 10.2 Å². The normalized spacial score (nSPS) is 17.6. The van der Waals surface area contributed by atoms with Crippen LogP contribution in [-0.2, 0) is 16.1 Å². The molecule has 1 aliphatic heterocycles. The zero-order chi connectivity index (χ0) is 16.4. The Labute approximate surface area is 142 Å². The number of carbonyl (C=O) groups excluding carboxylic acids is 2. The van der Waals surface area contributed by atoms with E-state index in [1.165, 1.54) is 0 Å². The summed E-state index contributed by atoms with van der Waals surface area (Å²) in [6.45, 7) is 2.72. The van der Waals surface area contributed by atoms with Gasteiger partial charge in [-0.25, -0.2) is 0 Å². The number of aryl methyl sites for hydroxylation is 1. The number of furan rings is 1. The van der Waals surface area contributed by atoms with Gasteiger partial charge in [0, 0.05) is 17.4 Å². The molecule has 1 aromatic carbocycles. The highest BCUT2D eigenvalue weighted by Gasteiger charge is 2.35. The first-order valence-electron chi connectivity index (χ1n) is 7.41. The smallest absolute Gasteiger partial charge is 0.227 e. The second-order valence-electron chi connectivity index (χ2n) is 5.66. The minimum absolute atomic E-state index is 0.0345. The van der Waals surface area contributed by atoms with Crippen LogP contribution in [0.4, 0.5) is 5.69 Å². The van der Waals surface area contributed by atoms with Gasteiger partial charge in [0.1, 0.15) is 5.76 Å². The first kappa shape index (κ1) is 15.8. The number of hydrogen-bond donors (Lipinski definition) is 1. The summed E-state index contributed by atoms with van der Waals surface area (Å²) in [6.07, 6.45) is 1.79. The van der Waals surface area contributed by atoms with E-state index in [2.05, 4.69) is 21.2 Å². The zero-order valence-corrected chi connectivity index (χ0v) is 14.3. The monoisotopic (exact) mass is 376 g/mol. The van der Waals surface area contributed by atoms with Gasteiger partial charge in [0.2, 0.25) is 11.8 Å². The van der Waals surface area contributed by atoms with Gasteiger partial charge in [-0.1, -0.05) is 6.07 Å². The Morgan fingerprint density at radius 2 is 2.26 bits per heavy atom. The van der Waals surface area contributed by atoms with Crippen molar-refractivity contribution >= 4 is 33.4 Å². The van der Waals surface area contributed by atoms with Crippen molar-refractivity contribution in [2.45, 2.75) is 19.9 Å². The largest absolute Gasteiger partial charge is 0.467 e. The average molecular weight is 377 g/mol. The predicted molar refractivity (Wildman–Crippen MR) is 89.9 cm³/mol. The zero-order valence-electron chi connectivity index (χ0n) is 12.7. The molecular formula is C17H17BrN2O3. The van der Waals surface area contributed by atoms with Gasteiger partial charge in [0.05, 0.1) is 24.4 Å². The lowest BCUT2D eigenvalue weighted by atomic mass is 10.1. The van der Waals surface area contributed by atoms with Crippen LogP contribution >= 0.6 is 15.9 Å². The summed E-state index contributed by atoms with van der Waals surface area (Å²) in [6, 6.07) is 9.40. The van der Waals surface area contributed by atoms with Gasteiger partial charge in [0.15, 0.2) is 0 Å². The van der Waals surface area contributed by atoms with Crippen LogP contribution in [-0.4, -0.2) is 18.4 Å². The minimum atomic E-state index is -0.342. The highest BCUT2D eigenvalue weighted by Crippen LogP contribution is 2.32. The van der Waals surface area contributed by atoms with Crippen molar-refractivity contribution in [3.05, 3.63) is 52.4 Å². The quantitative estimate of drug-likeness (QED) is 0.891. The van der Waals surface area contributed by atoms with E-state index in [0.717, 1.165) is 15.7 Å². The van der Waals surface area contributed by atoms with Gasteiger partial charge in [-0.15, -0.1) is 0 Å². The van der Waals surface area contributed by atoms with Crippen LogP contribution in [0.5, 0.6) is 0 Å². The Kier molecular flexibility index (Phi) is 4.52. The molecule has 0 aliphatic carbocycles. The van der Waals surface area contributed by atoms with Crippen molar-refractivity contribution in [2.24, 2.45) is 5.92 Å². The number of halogens is 1. The van der Waals surface area contributed by atoms with Crippen LogP contribution in [0, 0.1) is 12.8 Å². The molecule has 0 saturated carbocycles. The van der Waals surface area contributed by atoms with E-state index in [-0.39, 0.29) is 24.2 Å². The summed E-state index contributed by atoms with van der Waals surface area (Å²) in [5, 5.41) is 2.82. The van der Waals surface area contributed by atoms with Crippen LogP contribution in [0.25, 0.3) is 0 Å². The van der Waals surface area contributed by atoms with Crippen molar-refractivity contribution < 1.29 is 14.0 Å². The third-order valence-corrected chi connectivity index (χ3v) is 4.54. The summed E-state index contributed by atoms with van der Waals surface area (Å²) in [5.74, 6) is 0.194. The molecule has 1 N–H and O–H groups in total. The molecule has 120 valence electrons.